The average molecular weight is 508 g/mol. The standard InChI is InChI=1S/C19H26N2O4.2BrH/c1-4-21(5-2)12(3)10-20-7-6-13-14-8-16(22)17(23)9-18(14)25-19(24)15(13)11-20;;/h8-9,12,22-23H,4-7,10-11H2,1-3H3;2*1H. The van der Waals surface area contributed by atoms with E-state index in [9.17, 15) is 15.0 Å². The Labute approximate surface area is 180 Å². The van der Waals surface area contributed by atoms with Gasteiger partial charge >= 0.3 is 5.63 Å². The molecule has 0 saturated carbocycles. The van der Waals surface area contributed by atoms with Crippen LogP contribution in [0.25, 0.3) is 11.0 Å². The molecule has 2 aromatic rings. The second-order valence-corrected chi connectivity index (χ2v) is 6.74. The summed E-state index contributed by atoms with van der Waals surface area (Å²) in [5, 5.41) is 20.1. The number of rotatable bonds is 5. The van der Waals surface area contributed by atoms with Crippen LogP contribution in [0.1, 0.15) is 31.9 Å². The lowest BCUT2D eigenvalue weighted by atomic mass is 9.97. The van der Waals surface area contributed by atoms with Gasteiger partial charge in [0.25, 0.3) is 0 Å². The number of hydrogen-bond donors (Lipinski definition) is 2. The third kappa shape index (κ3) is 4.85. The summed E-state index contributed by atoms with van der Waals surface area (Å²) in [5.74, 6) is -0.470. The van der Waals surface area contributed by atoms with Gasteiger partial charge in [-0.25, -0.2) is 4.79 Å². The van der Waals surface area contributed by atoms with Crippen LogP contribution in [0, 0.1) is 0 Å². The fourth-order valence-corrected chi connectivity index (χ4v) is 3.84. The molecular weight excluding hydrogens is 480 g/mol. The van der Waals surface area contributed by atoms with Crippen molar-refractivity contribution in [3.8, 4) is 11.5 Å². The summed E-state index contributed by atoms with van der Waals surface area (Å²) in [5.41, 5.74) is 1.56. The largest absolute Gasteiger partial charge is 0.504 e. The quantitative estimate of drug-likeness (QED) is 0.476. The SMILES string of the molecule is Br.Br.CCN(CC)C(C)CN1CCc2c(c(=O)oc3cc(O)c(O)cc23)C1. The molecule has 1 aliphatic heterocycles. The van der Waals surface area contributed by atoms with Crippen molar-refractivity contribution in [2.75, 3.05) is 26.2 Å². The van der Waals surface area contributed by atoms with Crippen LogP contribution in [0.15, 0.2) is 21.3 Å². The molecule has 0 bridgehead atoms. The Bertz CT molecular complexity index is 837. The highest BCUT2D eigenvalue weighted by Crippen LogP contribution is 2.33. The smallest absolute Gasteiger partial charge is 0.341 e. The third-order valence-corrected chi connectivity index (χ3v) is 5.23. The number of benzene rings is 1. The molecule has 6 nitrogen and oxygen atoms in total. The normalized spacial score (nSPS) is 15.1. The van der Waals surface area contributed by atoms with E-state index in [0.717, 1.165) is 38.2 Å². The molecule has 0 saturated heterocycles. The first kappa shape index (κ1) is 23.9. The summed E-state index contributed by atoms with van der Waals surface area (Å²) < 4.78 is 5.38. The Morgan fingerprint density at radius 1 is 1.15 bits per heavy atom. The monoisotopic (exact) mass is 506 g/mol. The van der Waals surface area contributed by atoms with E-state index in [1.54, 1.807) is 0 Å². The minimum Gasteiger partial charge on any atom is -0.504 e. The van der Waals surface area contributed by atoms with Crippen LogP contribution >= 0.6 is 34.0 Å². The first-order valence-electron chi connectivity index (χ1n) is 8.91. The zero-order chi connectivity index (χ0) is 18.1. The summed E-state index contributed by atoms with van der Waals surface area (Å²) in [6.45, 7) is 10.9. The summed E-state index contributed by atoms with van der Waals surface area (Å²) in [4.78, 5) is 17.1. The molecule has 8 heteroatoms. The van der Waals surface area contributed by atoms with Crippen molar-refractivity contribution in [3.63, 3.8) is 0 Å². The molecule has 0 fully saturated rings. The number of halogens is 2. The highest BCUT2D eigenvalue weighted by molar-refractivity contribution is 8.93. The third-order valence-electron chi connectivity index (χ3n) is 5.23. The van der Waals surface area contributed by atoms with Crippen LogP contribution in [-0.4, -0.2) is 52.2 Å². The van der Waals surface area contributed by atoms with E-state index in [2.05, 4.69) is 30.6 Å². The molecule has 152 valence electrons. The van der Waals surface area contributed by atoms with Gasteiger partial charge in [0.2, 0.25) is 0 Å². The predicted octanol–water partition coefficient (Wildman–Crippen LogP) is 3.45. The van der Waals surface area contributed by atoms with Gasteiger partial charge in [-0.15, -0.1) is 34.0 Å². The zero-order valence-corrected chi connectivity index (χ0v) is 19.3. The molecule has 0 aliphatic carbocycles. The van der Waals surface area contributed by atoms with Crippen molar-refractivity contribution in [3.05, 3.63) is 33.7 Å². The van der Waals surface area contributed by atoms with E-state index in [0.29, 0.717) is 29.1 Å². The number of nitrogens with zero attached hydrogens (tertiary/aromatic N) is 2. The second kappa shape index (κ2) is 9.91. The number of phenolic OH excluding ortho intramolecular Hbond substituents is 2. The van der Waals surface area contributed by atoms with Crippen LogP contribution in [0.4, 0.5) is 0 Å². The number of fused-ring (bicyclic) bond motifs is 3. The Balaban J connectivity index is 0.00000182. The number of aromatic hydroxyl groups is 2. The fourth-order valence-electron chi connectivity index (χ4n) is 3.84. The maximum atomic E-state index is 12.4. The van der Waals surface area contributed by atoms with Crippen LogP contribution in [0.5, 0.6) is 11.5 Å². The van der Waals surface area contributed by atoms with E-state index in [4.69, 9.17) is 4.42 Å². The number of likely N-dealkylation sites (N-methyl/N-ethyl adjacent to an activating group) is 1. The molecule has 0 spiro atoms. The molecule has 0 radical (unpaired) electrons. The molecule has 27 heavy (non-hydrogen) atoms. The molecule has 0 amide bonds. The van der Waals surface area contributed by atoms with Crippen molar-refractivity contribution in [1.29, 1.82) is 0 Å². The summed E-state index contributed by atoms with van der Waals surface area (Å²) >= 11 is 0. The molecule has 1 unspecified atom stereocenters. The van der Waals surface area contributed by atoms with Gasteiger partial charge < -0.3 is 14.6 Å². The molecular formula is C19H28Br2N2O4. The van der Waals surface area contributed by atoms with Gasteiger partial charge in [0.1, 0.15) is 5.58 Å². The maximum Gasteiger partial charge on any atom is 0.341 e. The van der Waals surface area contributed by atoms with E-state index in [1.165, 1.54) is 12.1 Å². The van der Waals surface area contributed by atoms with Gasteiger partial charge in [-0.3, -0.25) is 9.80 Å². The van der Waals surface area contributed by atoms with Crippen molar-refractivity contribution in [1.82, 2.24) is 9.80 Å². The van der Waals surface area contributed by atoms with Gasteiger partial charge in [-0.2, -0.15) is 0 Å². The van der Waals surface area contributed by atoms with Gasteiger partial charge in [-0.05, 0) is 38.1 Å². The second-order valence-electron chi connectivity index (χ2n) is 6.74. The predicted molar refractivity (Wildman–Crippen MR) is 118 cm³/mol. The number of hydrogen-bond acceptors (Lipinski definition) is 6. The molecule has 1 aromatic carbocycles. The Morgan fingerprint density at radius 3 is 2.41 bits per heavy atom. The highest BCUT2D eigenvalue weighted by atomic mass is 79.9. The summed E-state index contributed by atoms with van der Waals surface area (Å²) in [7, 11) is 0. The Kier molecular flexibility index (Phi) is 8.79. The molecule has 3 rings (SSSR count). The highest BCUT2D eigenvalue weighted by Gasteiger charge is 2.25. The summed E-state index contributed by atoms with van der Waals surface area (Å²) in [6.07, 6.45) is 0.729. The first-order valence-corrected chi connectivity index (χ1v) is 8.91. The minimum atomic E-state index is -0.354. The van der Waals surface area contributed by atoms with Crippen molar-refractivity contribution < 1.29 is 14.6 Å². The average Bonchev–Trinajstić information content (AvgIpc) is 2.58. The first-order chi connectivity index (χ1) is 11.9. The topological polar surface area (TPSA) is 77.2 Å². The fraction of sp³-hybridized carbons (Fsp3) is 0.526. The maximum absolute atomic E-state index is 12.4. The van der Waals surface area contributed by atoms with Crippen LogP contribution in [0.2, 0.25) is 0 Å². The van der Waals surface area contributed by atoms with Crippen molar-refractivity contribution >= 4 is 44.9 Å². The van der Waals surface area contributed by atoms with E-state index in [-0.39, 0.29) is 51.1 Å². The molecule has 2 heterocycles. The minimum absolute atomic E-state index is 0. The molecule has 1 atom stereocenters. The lowest BCUT2D eigenvalue weighted by molar-refractivity contribution is 0.149. The lowest BCUT2D eigenvalue weighted by Gasteiger charge is -2.34. The Hall–Kier alpha value is -1.09. The molecule has 2 N–H and O–H groups in total. The van der Waals surface area contributed by atoms with Gasteiger partial charge in [0, 0.05) is 37.1 Å². The van der Waals surface area contributed by atoms with Crippen LogP contribution in [0.3, 0.4) is 0 Å². The lowest BCUT2D eigenvalue weighted by Crippen LogP contribution is -2.44. The van der Waals surface area contributed by atoms with Gasteiger partial charge in [0.15, 0.2) is 11.5 Å². The Morgan fingerprint density at radius 2 is 1.78 bits per heavy atom. The van der Waals surface area contributed by atoms with Crippen molar-refractivity contribution in [2.45, 2.75) is 39.8 Å². The van der Waals surface area contributed by atoms with E-state index in [1.807, 2.05) is 0 Å². The van der Waals surface area contributed by atoms with Crippen LogP contribution in [-0.2, 0) is 13.0 Å². The molecule has 1 aromatic heterocycles. The van der Waals surface area contributed by atoms with Gasteiger partial charge in [-0.1, -0.05) is 13.8 Å². The van der Waals surface area contributed by atoms with Crippen LogP contribution < -0.4 is 5.63 Å². The van der Waals surface area contributed by atoms with Crippen molar-refractivity contribution in [2.24, 2.45) is 0 Å². The molecule has 1 aliphatic rings. The summed E-state index contributed by atoms with van der Waals surface area (Å²) in [6, 6.07) is 3.21. The zero-order valence-electron chi connectivity index (χ0n) is 15.9. The van der Waals surface area contributed by atoms with E-state index >= 15 is 0 Å². The van der Waals surface area contributed by atoms with Gasteiger partial charge in [0.05, 0.1) is 5.56 Å². The number of phenols is 2. The van der Waals surface area contributed by atoms with E-state index < -0.39 is 0 Å².